The fourth-order valence-corrected chi connectivity index (χ4v) is 9.38. The van der Waals surface area contributed by atoms with Crippen LogP contribution in [0.5, 0.6) is 34.5 Å². The molecule has 482 valence electrons. The van der Waals surface area contributed by atoms with E-state index < -0.39 is 5.91 Å². The Kier molecular flexibility index (Phi) is 23.9. The summed E-state index contributed by atoms with van der Waals surface area (Å²) in [7, 11) is 3.36. The van der Waals surface area contributed by atoms with Crippen LogP contribution in [0.3, 0.4) is 0 Å². The van der Waals surface area contributed by atoms with Gasteiger partial charge in [0.25, 0.3) is 11.8 Å². The fraction of sp³-hybridized carbons (Fsp3) is 0.155. The molecule has 3 amide bonds. The first-order valence-corrected chi connectivity index (χ1v) is 28.5. The predicted octanol–water partition coefficient (Wildman–Crippen LogP) is 11.0. The lowest BCUT2D eigenvalue weighted by Gasteiger charge is -2.14. The first kappa shape index (κ1) is 69.5. The van der Waals surface area contributed by atoms with Gasteiger partial charge in [-0.15, -0.1) is 12.8 Å². The number of terminal acetylenes is 2. The Morgan fingerprint density at radius 3 is 1.11 bits per heavy atom. The number of hydrogen-bond donors (Lipinski definition) is 4. The molecule has 0 bridgehead atoms. The molecule has 0 saturated carbocycles. The van der Waals surface area contributed by atoms with Crippen molar-refractivity contribution < 1.29 is 28.6 Å². The van der Waals surface area contributed by atoms with E-state index in [9.17, 15) is 14.4 Å². The number of nitrogens with zero attached hydrogens (tertiary/aromatic N) is 14. The molecule has 0 radical (unpaired) electrons. The van der Waals surface area contributed by atoms with Gasteiger partial charge >= 0.3 is 0 Å². The largest absolute Gasteiger partial charge is 0.457 e. The lowest BCUT2D eigenvalue weighted by molar-refractivity contribution is -0.125. The molecule has 0 fully saturated rings. The molecule has 24 nitrogen and oxygen atoms in total. The zero-order chi connectivity index (χ0) is 64.5. The molecule has 12 aromatic rings. The third-order valence-electron chi connectivity index (χ3n) is 14.1. The molecular formula is C71H72N18O6. The van der Waals surface area contributed by atoms with Crippen LogP contribution in [0, 0.1) is 24.7 Å². The molecule has 6 heterocycles. The maximum atomic E-state index is 11.8. The molecule has 7 N–H and O–H groups in total. The van der Waals surface area contributed by atoms with Crippen LogP contribution in [-0.2, 0) is 34.0 Å². The Hall–Kier alpha value is -13.0. The maximum absolute atomic E-state index is 11.8. The Morgan fingerprint density at radius 1 is 0.474 bits per heavy atom. The van der Waals surface area contributed by atoms with Crippen molar-refractivity contribution in [3.8, 4) is 93.0 Å². The fourth-order valence-electron chi connectivity index (χ4n) is 9.38. The Bertz CT molecular complexity index is 4650. The molecule has 0 spiro atoms. The van der Waals surface area contributed by atoms with Gasteiger partial charge in [-0.3, -0.25) is 14.4 Å². The lowest BCUT2D eigenvalue weighted by Crippen LogP contribution is -2.29. The minimum absolute atomic E-state index is 0. The van der Waals surface area contributed by atoms with Crippen molar-refractivity contribution in [1.82, 2.24) is 74.4 Å². The van der Waals surface area contributed by atoms with Gasteiger partial charge in [0.1, 0.15) is 88.0 Å². The van der Waals surface area contributed by atoms with Gasteiger partial charge in [0, 0.05) is 50.4 Å². The predicted molar refractivity (Wildman–Crippen MR) is 371 cm³/mol. The van der Waals surface area contributed by atoms with Gasteiger partial charge < -0.3 is 46.5 Å². The third-order valence-corrected chi connectivity index (χ3v) is 14.1. The second-order valence-corrected chi connectivity index (χ2v) is 20.1. The number of ether oxygens (including phenoxy) is 3. The number of nitrogens with two attached hydrogens (primary N) is 3. The van der Waals surface area contributed by atoms with Crippen molar-refractivity contribution in [2.75, 3.05) is 50.9 Å². The molecule has 0 aliphatic heterocycles. The van der Waals surface area contributed by atoms with Crippen LogP contribution in [0.15, 0.2) is 195 Å². The highest BCUT2D eigenvalue weighted by atomic mass is 16.5. The summed E-state index contributed by atoms with van der Waals surface area (Å²) in [6.07, 6.45) is 15.7. The molecule has 0 atom stereocenters. The van der Waals surface area contributed by atoms with Crippen LogP contribution in [-0.4, -0.2) is 120 Å². The minimum Gasteiger partial charge on any atom is -0.457 e. The summed E-state index contributed by atoms with van der Waals surface area (Å²) in [5.74, 6) is 8.52. The standard InChI is InChI=1S/C23H22N6O2.C23H20N6O2.C22H18N6O2.3CH4/c2*1-3-19(30)28(2)13-14-29-23-20(22(24)25-15-26-23)21(27-29)16-9-11-18(12-10-16)31-17-7-5-4-6-8-17;1-2-18(29)24-12-13-28-22-19(21(23)25-14-26-22)20(27-28)15-8-10-17(11-9-15)30-16-6-4-3-5-7-16;;;/h3-12,15H,1,13-14H2,2H3,(H2,24,25,26);1,4-12,15H,13-14H2,2H3,(H2,24,25,26);1,3-11,14H,12-13H2,(H,24,29)(H2,23,25,26);3*1H4. The minimum atomic E-state index is -0.477. The number of likely N-dealkylation sites (N-methyl/N-ethyl adjacent to an activating group) is 2. The number of nitrogens with one attached hydrogen (secondary N) is 1. The van der Waals surface area contributed by atoms with Gasteiger partial charge in [-0.2, -0.15) is 15.3 Å². The van der Waals surface area contributed by atoms with E-state index >= 15 is 0 Å². The van der Waals surface area contributed by atoms with E-state index in [1.165, 1.54) is 30.0 Å². The molecule has 24 heteroatoms. The van der Waals surface area contributed by atoms with E-state index in [0.29, 0.717) is 124 Å². The summed E-state index contributed by atoms with van der Waals surface area (Å²) in [5, 5.41) is 18.7. The van der Waals surface area contributed by atoms with Crippen molar-refractivity contribution in [3.05, 3.63) is 195 Å². The van der Waals surface area contributed by atoms with Gasteiger partial charge in [-0.25, -0.2) is 43.9 Å². The normalized spacial score (nSPS) is 10.3. The SMILES string of the molecule is C.C.C.C#CC(=O)N(C)CCn1nc(-c2ccc(Oc3ccccc3)cc2)c2c(N)ncnc21.C#CC(=O)NCCn1nc(-c2ccc(Oc3ccccc3)cc2)c2c(N)ncnc21.C=CC(=O)N(C)CCn1nc(-c2ccc(Oc3ccccc3)cc2)c2c(N)ncnc21. The number of carbonyl (C=O) groups excluding carboxylic acids is 3. The van der Waals surface area contributed by atoms with E-state index in [4.69, 9.17) is 54.5 Å². The van der Waals surface area contributed by atoms with Crippen molar-refractivity contribution >= 4 is 68.3 Å². The van der Waals surface area contributed by atoms with Gasteiger partial charge in [0.15, 0.2) is 16.9 Å². The second-order valence-electron chi connectivity index (χ2n) is 20.1. The molecule has 0 unspecified atom stereocenters. The molecule has 12 rings (SSSR count). The Balaban J connectivity index is 0.000000198. The zero-order valence-electron chi connectivity index (χ0n) is 49.9. The molecule has 0 aliphatic rings. The molecule has 95 heavy (non-hydrogen) atoms. The summed E-state index contributed by atoms with van der Waals surface area (Å²) in [5.41, 5.74) is 24.7. The summed E-state index contributed by atoms with van der Waals surface area (Å²) < 4.78 is 22.7. The number of hydrogen-bond acceptors (Lipinski definition) is 18. The molecule has 6 aromatic heterocycles. The first-order chi connectivity index (χ1) is 44.8. The van der Waals surface area contributed by atoms with Crippen LogP contribution in [0.1, 0.15) is 22.3 Å². The number of anilines is 3. The van der Waals surface area contributed by atoms with Gasteiger partial charge in [0.2, 0.25) is 5.91 Å². The zero-order valence-corrected chi connectivity index (χ0v) is 49.9. The summed E-state index contributed by atoms with van der Waals surface area (Å²) in [6.45, 7) is 5.91. The molecule has 0 aliphatic carbocycles. The van der Waals surface area contributed by atoms with E-state index in [0.717, 1.165) is 33.9 Å². The Morgan fingerprint density at radius 2 is 0.789 bits per heavy atom. The van der Waals surface area contributed by atoms with E-state index in [-0.39, 0.29) is 34.1 Å². The van der Waals surface area contributed by atoms with Crippen LogP contribution >= 0.6 is 0 Å². The second kappa shape index (κ2) is 32.7. The highest BCUT2D eigenvalue weighted by Crippen LogP contribution is 2.35. The highest BCUT2D eigenvalue weighted by Gasteiger charge is 2.21. The summed E-state index contributed by atoms with van der Waals surface area (Å²) in [6, 6.07) is 51.3. The maximum Gasteiger partial charge on any atom is 0.298 e. The topological polar surface area (TPSA) is 306 Å². The van der Waals surface area contributed by atoms with Crippen molar-refractivity contribution in [2.45, 2.75) is 41.9 Å². The average Bonchev–Trinajstić information content (AvgIpc) is 1.65. The number of amides is 3. The summed E-state index contributed by atoms with van der Waals surface area (Å²) in [4.78, 5) is 63.1. The molecule has 0 saturated heterocycles. The summed E-state index contributed by atoms with van der Waals surface area (Å²) >= 11 is 0. The number of carbonyl (C=O) groups is 3. The van der Waals surface area contributed by atoms with E-state index in [2.05, 4.69) is 52.8 Å². The highest BCUT2D eigenvalue weighted by molar-refractivity contribution is 6.00. The number of nitrogen functional groups attached to an aromatic ring is 3. The van der Waals surface area contributed by atoms with Crippen molar-refractivity contribution in [2.24, 2.45) is 0 Å². The van der Waals surface area contributed by atoms with Gasteiger partial charge in [0.05, 0.1) is 35.8 Å². The quantitative estimate of drug-likeness (QED) is 0.0432. The number of para-hydroxylation sites is 3. The van der Waals surface area contributed by atoms with Crippen LogP contribution < -0.4 is 36.7 Å². The number of rotatable bonds is 19. The van der Waals surface area contributed by atoms with Gasteiger partial charge in [-0.05, 0) is 127 Å². The first-order valence-electron chi connectivity index (χ1n) is 28.5. The van der Waals surface area contributed by atoms with Crippen molar-refractivity contribution in [3.63, 3.8) is 0 Å². The molecular weight excluding hydrogens is 1200 g/mol. The number of fused-ring (bicyclic) bond motifs is 3. The monoisotopic (exact) mass is 1270 g/mol. The van der Waals surface area contributed by atoms with E-state index in [1.807, 2.05) is 170 Å². The smallest absolute Gasteiger partial charge is 0.298 e. The lowest BCUT2D eigenvalue weighted by atomic mass is 10.1. The van der Waals surface area contributed by atoms with E-state index in [1.54, 1.807) is 33.0 Å². The Labute approximate surface area is 550 Å². The average molecular weight is 1270 g/mol. The van der Waals surface area contributed by atoms with Gasteiger partial charge in [-0.1, -0.05) is 83.5 Å². The number of aromatic nitrogens is 12. The van der Waals surface area contributed by atoms with Crippen molar-refractivity contribution in [1.29, 1.82) is 0 Å². The van der Waals surface area contributed by atoms with Crippen LogP contribution in [0.2, 0.25) is 0 Å². The van der Waals surface area contributed by atoms with Crippen LogP contribution in [0.4, 0.5) is 17.5 Å². The van der Waals surface area contributed by atoms with Crippen LogP contribution in [0.25, 0.3) is 66.9 Å². The third kappa shape index (κ3) is 16.9. The molecule has 6 aromatic carbocycles. The number of benzene rings is 6.